The molecule has 0 aliphatic heterocycles. The summed E-state index contributed by atoms with van der Waals surface area (Å²) in [5.41, 5.74) is 3.52. The van der Waals surface area contributed by atoms with Crippen LogP contribution in [-0.4, -0.2) is 74.5 Å². The van der Waals surface area contributed by atoms with E-state index in [2.05, 4.69) is 72.9 Å². The quantitative estimate of drug-likeness (QED) is 0.310. The van der Waals surface area contributed by atoms with Crippen LogP contribution in [0.3, 0.4) is 0 Å². The van der Waals surface area contributed by atoms with Crippen molar-refractivity contribution in [1.82, 2.24) is 40.2 Å². The molecule has 1 aromatic carbocycles. The van der Waals surface area contributed by atoms with Gasteiger partial charge >= 0.3 is 0 Å². The maximum Gasteiger partial charge on any atom is 0.225 e. The van der Waals surface area contributed by atoms with E-state index >= 15 is 0 Å². The number of halogens is 1. The van der Waals surface area contributed by atoms with Gasteiger partial charge in [0.1, 0.15) is 14.6 Å². The molecule has 0 bridgehead atoms. The van der Waals surface area contributed by atoms with E-state index in [1.807, 2.05) is 24.6 Å². The van der Waals surface area contributed by atoms with E-state index in [1.165, 1.54) is 5.56 Å². The second kappa shape index (κ2) is 10.7. The van der Waals surface area contributed by atoms with Gasteiger partial charge < -0.3 is 15.5 Å². The molecule has 1 fully saturated rings. The molecule has 2 atom stereocenters. The van der Waals surface area contributed by atoms with Crippen molar-refractivity contribution in [2.24, 2.45) is 5.41 Å². The summed E-state index contributed by atoms with van der Waals surface area (Å²) in [5, 5.41) is 22.3. The van der Waals surface area contributed by atoms with Gasteiger partial charge in [-0.25, -0.2) is 9.67 Å². The van der Waals surface area contributed by atoms with E-state index in [4.69, 9.17) is 10.1 Å². The number of carbonyl (C=O) groups excluding carboxylic acids is 1. The van der Waals surface area contributed by atoms with Gasteiger partial charge in [0.15, 0.2) is 5.65 Å². The minimum absolute atomic E-state index is 0.0809. The Bertz CT molecular complexity index is 1480. The number of fused-ring (bicyclic) bond motifs is 1. The highest BCUT2D eigenvalue weighted by Crippen LogP contribution is 2.39. The van der Waals surface area contributed by atoms with Crippen LogP contribution >= 0.6 is 27.3 Å². The van der Waals surface area contributed by atoms with Crippen LogP contribution in [0.25, 0.3) is 27.3 Å². The standard InChI is InChI=1S/C26H32BrN9OS/c1-15-32-33-23(38-15)19-7-6-18(12-16(19)9-11-35(4)5)36-22-20(21(27)34-36)14-29-25(31-22)30-17-8-10-26(2,13-17)24(37)28-3/h6-7,12,14,17H,8-11,13H2,1-5H3,(H,28,37)(H,29,30,31)/t17-,26-/m1/s1. The first kappa shape index (κ1) is 26.6. The van der Waals surface area contributed by atoms with Crippen molar-refractivity contribution in [2.45, 2.75) is 45.6 Å². The maximum absolute atomic E-state index is 12.3. The topological polar surface area (TPSA) is 114 Å². The van der Waals surface area contributed by atoms with Crippen LogP contribution < -0.4 is 10.6 Å². The summed E-state index contributed by atoms with van der Waals surface area (Å²) in [4.78, 5) is 23.9. The molecule has 12 heteroatoms. The van der Waals surface area contributed by atoms with Gasteiger partial charge in [-0.15, -0.1) is 10.2 Å². The molecule has 0 unspecified atom stereocenters. The molecule has 5 rings (SSSR count). The highest BCUT2D eigenvalue weighted by atomic mass is 79.9. The van der Waals surface area contributed by atoms with Crippen LogP contribution in [-0.2, 0) is 11.2 Å². The SMILES string of the molecule is CNC(=O)[C@]1(C)CC[C@@H](Nc2ncc3c(Br)nn(-c4ccc(-c5nnc(C)s5)c(CCN(C)C)c4)c3n2)C1. The average Bonchev–Trinajstić information content (AvgIpc) is 3.59. The summed E-state index contributed by atoms with van der Waals surface area (Å²) in [6, 6.07) is 6.43. The number of carbonyl (C=O) groups is 1. The molecule has 1 aliphatic carbocycles. The van der Waals surface area contributed by atoms with Crippen molar-refractivity contribution >= 4 is 50.2 Å². The van der Waals surface area contributed by atoms with E-state index in [-0.39, 0.29) is 17.4 Å². The largest absolute Gasteiger partial charge is 0.359 e. The minimum Gasteiger partial charge on any atom is -0.359 e. The highest BCUT2D eigenvalue weighted by Gasteiger charge is 2.41. The van der Waals surface area contributed by atoms with Crippen molar-refractivity contribution in [2.75, 3.05) is 33.0 Å². The number of amides is 1. The Morgan fingerprint density at radius 3 is 2.84 bits per heavy atom. The van der Waals surface area contributed by atoms with Gasteiger partial charge in [-0.05, 0) is 86.4 Å². The zero-order valence-electron chi connectivity index (χ0n) is 22.2. The van der Waals surface area contributed by atoms with E-state index in [0.717, 1.165) is 58.9 Å². The number of rotatable bonds is 8. The summed E-state index contributed by atoms with van der Waals surface area (Å²) < 4.78 is 2.54. The molecule has 3 aromatic heterocycles. The summed E-state index contributed by atoms with van der Waals surface area (Å²) in [7, 11) is 5.84. The molecule has 1 aliphatic rings. The number of anilines is 1. The van der Waals surface area contributed by atoms with Crippen LogP contribution in [0.15, 0.2) is 29.0 Å². The molecule has 1 amide bonds. The third kappa shape index (κ3) is 5.29. The predicted octanol–water partition coefficient (Wildman–Crippen LogP) is 4.23. The van der Waals surface area contributed by atoms with Crippen molar-refractivity contribution in [3.8, 4) is 16.3 Å². The molecule has 0 spiro atoms. The summed E-state index contributed by atoms with van der Waals surface area (Å²) in [6.45, 7) is 4.90. The van der Waals surface area contributed by atoms with Crippen molar-refractivity contribution in [3.05, 3.63) is 39.6 Å². The van der Waals surface area contributed by atoms with Crippen molar-refractivity contribution < 1.29 is 4.79 Å². The van der Waals surface area contributed by atoms with Gasteiger partial charge in [-0.2, -0.15) is 10.1 Å². The van der Waals surface area contributed by atoms with E-state index in [1.54, 1.807) is 24.6 Å². The van der Waals surface area contributed by atoms with Crippen LogP contribution in [0, 0.1) is 12.3 Å². The van der Waals surface area contributed by atoms with Crippen LogP contribution in [0.4, 0.5) is 5.95 Å². The molecular weight excluding hydrogens is 566 g/mol. The molecule has 3 heterocycles. The second-order valence-electron chi connectivity index (χ2n) is 10.4. The third-order valence-corrected chi connectivity index (χ3v) is 8.61. The molecule has 200 valence electrons. The van der Waals surface area contributed by atoms with Crippen LogP contribution in [0.1, 0.15) is 36.8 Å². The lowest BCUT2D eigenvalue weighted by atomic mass is 9.87. The van der Waals surface area contributed by atoms with Crippen LogP contribution in [0.2, 0.25) is 0 Å². The van der Waals surface area contributed by atoms with Gasteiger partial charge in [0.2, 0.25) is 11.9 Å². The van der Waals surface area contributed by atoms with E-state index in [9.17, 15) is 4.79 Å². The van der Waals surface area contributed by atoms with E-state index < -0.39 is 0 Å². The first-order valence-electron chi connectivity index (χ1n) is 12.7. The fourth-order valence-corrected chi connectivity index (χ4v) is 6.24. The molecule has 4 aromatic rings. The predicted molar refractivity (Wildman–Crippen MR) is 154 cm³/mol. The van der Waals surface area contributed by atoms with Gasteiger partial charge in [-0.1, -0.05) is 18.3 Å². The number of hydrogen-bond donors (Lipinski definition) is 2. The number of nitrogens with one attached hydrogen (secondary N) is 2. The number of aryl methyl sites for hydroxylation is 1. The summed E-state index contributed by atoms with van der Waals surface area (Å²) in [6.07, 6.45) is 5.10. The Morgan fingerprint density at radius 1 is 1.32 bits per heavy atom. The first-order chi connectivity index (χ1) is 18.2. The Hall–Kier alpha value is -2.96. The number of aromatic nitrogens is 6. The summed E-state index contributed by atoms with van der Waals surface area (Å²) in [5.74, 6) is 0.614. The fourth-order valence-electron chi connectivity index (χ4n) is 5.05. The smallest absolute Gasteiger partial charge is 0.225 e. The zero-order chi connectivity index (χ0) is 27.0. The molecule has 10 nitrogen and oxygen atoms in total. The number of likely N-dealkylation sites (N-methyl/N-ethyl adjacent to an activating group) is 1. The molecule has 1 saturated carbocycles. The normalized spacial score (nSPS) is 19.4. The molecule has 38 heavy (non-hydrogen) atoms. The average molecular weight is 599 g/mol. The Morgan fingerprint density at radius 2 is 2.13 bits per heavy atom. The zero-order valence-corrected chi connectivity index (χ0v) is 24.6. The lowest BCUT2D eigenvalue weighted by Gasteiger charge is -2.22. The molecule has 2 N–H and O–H groups in total. The molecule has 0 radical (unpaired) electrons. The monoisotopic (exact) mass is 597 g/mol. The van der Waals surface area contributed by atoms with Gasteiger partial charge in [0, 0.05) is 36.8 Å². The Kier molecular flexibility index (Phi) is 7.47. The lowest BCUT2D eigenvalue weighted by Crippen LogP contribution is -2.35. The van der Waals surface area contributed by atoms with Gasteiger partial charge in [0.05, 0.1) is 11.1 Å². The fraction of sp³-hybridized carbons (Fsp3) is 0.462. The molecular formula is C26H32BrN9OS. The van der Waals surface area contributed by atoms with Crippen molar-refractivity contribution in [3.63, 3.8) is 0 Å². The lowest BCUT2D eigenvalue weighted by molar-refractivity contribution is -0.129. The minimum atomic E-state index is -0.377. The number of hydrogen-bond acceptors (Lipinski definition) is 9. The van der Waals surface area contributed by atoms with Crippen molar-refractivity contribution in [1.29, 1.82) is 0 Å². The Labute approximate surface area is 234 Å². The van der Waals surface area contributed by atoms with E-state index in [0.29, 0.717) is 16.2 Å². The first-order valence-corrected chi connectivity index (χ1v) is 14.3. The number of nitrogens with zero attached hydrogens (tertiary/aromatic N) is 7. The maximum atomic E-state index is 12.3. The Balaban J connectivity index is 1.48. The van der Waals surface area contributed by atoms with Crippen LogP contribution in [0.5, 0.6) is 0 Å². The second-order valence-corrected chi connectivity index (χ2v) is 12.3. The number of benzene rings is 1. The molecule has 0 saturated heterocycles. The summed E-state index contributed by atoms with van der Waals surface area (Å²) >= 11 is 5.19. The highest BCUT2D eigenvalue weighted by molar-refractivity contribution is 9.10. The van der Waals surface area contributed by atoms with Gasteiger partial charge in [-0.3, -0.25) is 4.79 Å². The van der Waals surface area contributed by atoms with Gasteiger partial charge in [0.25, 0.3) is 0 Å². The third-order valence-electron chi connectivity index (χ3n) is 7.15.